The number of ether oxygens (including phenoxy) is 1. The number of hydrogen-bond acceptors (Lipinski definition) is 5. The summed E-state index contributed by atoms with van der Waals surface area (Å²) in [6, 6.07) is 7.41. The number of aromatic nitrogens is 2. The van der Waals surface area contributed by atoms with Gasteiger partial charge in [0, 0.05) is 24.9 Å². The molecule has 138 valence electrons. The van der Waals surface area contributed by atoms with Crippen LogP contribution in [0.3, 0.4) is 0 Å². The first-order chi connectivity index (χ1) is 12.6. The predicted molar refractivity (Wildman–Crippen MR) is 96.8 cm³/mol. The first-order valence-electron chi connectivity index (χ1n) is 9.11. The Bertz CT molecular complexity index is 784. The van der Waals surface area contributed by atoms with E-state index in [4.69, 9.17) is 9.26 Å². The molecule has 26 heavy (non-hydrogen) atoms. The topological polar surface area (TPSA) is 80.5 Å². The molecule has 2 aliphatic rings. The van der Waals surface area contributed by atoms with E-state index in [2.05, 4.69) is 15.5 Å². The summed E-state index contributed by atoms with van der Waals surface area (Å²) in [4.78, 5) is 19.1. The number of urea groups is 1. The van der Waals surface area contributed by atoms with Gasteiger partial charge < -0.3 is 19.5 Å². The van der Waals surface area contributed by atoms with Crippen LogP contribution in [0.2, 0.25) is 0 Å². The zero-order valence-corrected chi connectivity index (χ0v) is 15.2. The minimum atomic E-state index is -0.139. The summed E-state index contributed by atoms with van der Waals surface area (Å²) in [5, 5.41) is 6.83. The Morgan fingerprint density at radius 2 is 2.15 bits per heavy atom. The zero-order chi connectivity index (χ0) is 18.1. The van der Waals surface area contributed by atoms with Crippen molar-refractivity contribution < 1.29 is 14.1 Å². The van der Waals surface area contributed by atoms with Crippen molar-refractivity contribution in [1.82, 2.24) is 15.0 Å². The number of aryl methyl sites for hydroxylation is 1. The van der Waals surface area contributed by atoms with Crippen molar-refractivity contribution in [2.24, 2.45) is 5.92 Å². The molecule has 4 rings (SSSR count). The smallest absolute Gasteiger partial charge is 0.322 e. The van der Waals surface area contributed by atoms with Crippen molar-refractivity contribution in [2.75, 3.05) is 25.6 Å². The zero-order valence-electron chi connectivity index (χ0n) is 15.2. The van der Waals surface area contributed by atoms with Crippen LogP contribution in [0.15, 0.2) is 28.8 Å². The molecule has 1 unspecified atom stereocenters. The summed E-state index contributed by atoms with van der Waals surface area (Å²) in [5.41, 5.74) is 1.44. The van der Waals surface area contributed by atoms with Gasteiger partial charge in [-0.1, -0.05) is 5.16 Å². The van der Waals surface area contributed by atoms with E-state index in [0.29, 0.717) is 24.2 Å². The Hall–Kier alpha value is -2.41. The Morgan fingerprint density at radius 3 is 2.77 bits per heavy atom. The van der Waals surface area contributed by atoms with E-state index in [1.165, 1.54) is 12.8 Å². The Kier molecular flexibility index (Phi) is 4.40. The van der Waals surface area contributed by atoms with E-state index in [9.17, 15) is 4.79 Å². The van der Waals surface area contributed by atoms with Gasteiger partial charge in [0.2, 0.25) is 0 Å². The molecule has 1 aliphatic carbocycles. The van der Waals surface area contributed by atoms with E-state index < -0.39 is 0 Å². The highest BCUT2D eigenvalue weighted by molar-refractivity contribution is 5.90. The molecule has 2 fully saturated rings. The normalized spacial score (nSPS) is 22.6. The number of rotatable bonds is 5. The van der Waals surface area contributed by atoms with Crippen LogP contribution < -0.4 is 5.32 Å². The van der Waals surface area contributed by atoms with Gasteiger partial charge in [0.1, 0.15) is 0 Å². The maximum Gasteiger partial charge on any atom is 0.322 e. The number of methoxy groups -OCH3 is 1. The van der Waals surface area contributed by atoms with Crippen LogP contribution in [0.1, 0.15) is 31.5 Å². The number of nitrogens with one attached hydrogen (secondary N) is 1. The summed E-state index contributed by atoms with van der Waals surface area (Å²) < 4.78 is 10.7. The molecule has 7 heteroatoms. The Labute approximate surface area is 152 Å². The fourth-order valence-electron chi connectivity index (χ4n) is 4.07. The Balaban J connectivity index is 1.47. The molecule has 1 N–H and O–H groups in total. The lowest BCUT2D eigenvalue weighted by Gasteiger charge is -2.38. The minimum Gasteiger partial charge on any atom is -0.382 e. The van der Waals surface area contributed by atoms with Crippen molar-refractivity contribution in [3.05, 3.63) is 30.1 Å². The maximum atomic E-state index is 12.9. The van der Waals surface area contributed by atoms with Gasteiger partial charge in [0.25, 0.3) is 5.89 Å². The largest absolute Gasteiger partial charge is 0.382 e. The molecule has 0 bridgehead atoms. The molecular weight excluding hydrogens is 332 g/mol. The lowest BCUT2D eigenvalue weighted by molar-refractivity contribution is 0.0455. The average molecular weight is 356 g/mol. The van der Waals surface area contributed by atoms with Crippen LogP contribution in [0.25, 0.3) is 11.5 Å². The van der Waals surface area contributed by atoms with E-state index >= 15 is 0 Å². The second-order valence-electron chi connectivity index (χ2n) is 7.22. The molecule has 2 heterocycles. The molecule has 1 saturated heterocycles. The SMILES string of the molecule is COCC1(C2CC2)CCCN1C(=O)Nc1ccc(-c2nc(C)no2)cc1. The lowest BCUT2D eigenvalue weighted by atomic mass is 9.91. The van der Waals surface area contributed by atoms with Crippen LogP contribution in [-0.4, -0.2) is 46.9 Å². The minimum absolute atomic E-state index is 0.0483. The lowest BCUT2D eigenvalue weighted by Crippen LogP contribution is -2.53. The van der Waals surface area contributed by atoms with E-state index in [1.54, 1.807) is 14.0 Å². The molecule has 2 aromatic rings. The van der Waals surface area contributed by atoms with E-state index in [0.717, 1.165) is 30.6 Å². The molecule has 7 nitrogen and oxygen atoms in total. The molecular formula is C19H24N4O3. The van der Waals surface area contributed by atoms with Crippen molar-refractivity contribution in [1.29, 1.82) is 0 Å². The maximum absolute atomic E-state index is 12.9. The number of carbonyl (C=O) groups is 1. The number of amides is 2. The van der Waals surface area contributed by atoms with Crippen LogP contribution in [0.4, 0.5) is 10.5 Å². The molecule has 0 radical (unpaired) electrons. The number of benzene rings is 1. The second kappa shape index (κ2) is 6.72. The third kappa shape index (κ3) is 3.07. The monoisotopic (exact) mass is 356 g/mol. The van der Waals surface area contributed by atoms with Gasteiger partial charge in [-0.2, -0.15) is 4.98 Å². The number of nitrogens with zero attached hydrogens (tertiary/aromatic N) is 3. The highest BCUT2D eigenvalue weighted by Gasteiger charge is 2.53. The summed E-state index contributed by atoms with van der Waals surface area (Å²) in [5.74, 6) is 1.65. The molecule has 1 saturated carbocycles. The van der Waals surface area contributed by atoms with Gasteiger partial charge in [-0.3, -0.25) is 0 Å². The standard InChI is InChI=1S/C19H24N4O3/c1-13-20-17(26-22-13)14-4-8-16(9-5-14)21-18(24)23-11-3-10-19(23,12-25-2)15-6-7-15/h4-5,8-9,15H,3,6-7,10-12H2,1-2H3,(H,21,24). The molecule has 1 aliphatic heterocycles. The second-order valence-corrected chi connectivity index (χ2v) is 7.22. The van der Waals surface area contributed by atoms with E-state index in [1.807, 2.05) is 29.2 Å². The third-order valence-corrected chi connectivity index (χ3v) is 5.42. The number of anilines is 1. The van der Waals surface area contributed by atoms with Gasteiger partial charge in [0.15, 0.2) is 5.82 Å². The molecule has 1 aromatic heterocycles. The van der Waals surface area contributed by atoms with Crippen molar-refractivity contribution in [3.8, 4) is 11.5 Å². The average Bonchev–Trinajstić information content (AvgIpc) is 3.27. The van der Waals surface area contributed by atoms with Gasteiger partial charge in [0.05, 0.1) is 12.1 Å². The number of hydrogen-bond donors (Lipinski definition) is 1. The van der Waals surface area contributed by atoms with Gasteiger partial charge in [-0.25, -0.2) is 4.79 Å². The van der Waals surface area contributed by atoms with Crippen LogP contribution in [0.5, 0.6) is 0 Å². The summed E-state index contributed by atoms with van der Waals surface area (Å²) in [6.07, 6.45) is 4.42. The first-order valence-corrected chi connectivity index (χ1v) is 9.11. The van der Waals surface area contributed by atoms with Crippen molar-refractivity contribution >= 4 is 11.7 Å². The molecule has 0 spiro atoms. The summed E-state index contributed by atoms with van der Waals surface area (Å²) >= 11 is 0. The first kappa shape index (κ1) is 17.0. The van der Waals surface area contributed by atoms with Crippen molar-refractivity contribution in [3.63, 3.8) is 0 Å². The van der Waals surface area contributed by atoms with Gasteiger partial charge in [-0.15, -0.1) is 0 Å². The number of carbonyl (C=O) groups excluding carboxylic acids is 1. The van der Waals surface area contributed by atoms with Crippen LogP contribution in [-0.2, 0) is 4.74 Å². The molecule has 1 aromatic carbocycles. The highest BCUT2D eigenvalue weighted by Crippen LogP contribution is 2.49. The highest BCUT2D eigenvalue weighted by atomic mass is 16.5. The van der Waals surface area contributed by atoms with E-state index in [-0.39, 0.29) is 11.6 Å². The summed E-state index contributed by atoms with van der Waals surface area (Å²) in [6.45, 7) is 3.18. The molecule has 2 amide bonds. The summed E-state index contributed by atoms with van der Waals surface area (Å²) in [7, 11) is 1.72. The van der Waals surface area contributed by atoms with Crippen LogP contribution in [0, 0.1) is 12.8 Å². The van der Waals surface area contributed by atoms with Gasteiger partial charge in [-0.05, 0) is 62.8 Å². The predicted octanol–water partition coefficient (Wildman–Crippen LogP) is 3.47. The van der Waals surface area contributed by atoms with Crippen LogP contribution >= 0.6 is 0 Å². The fraction of sp³-hybridized carbons (Fsp3) is 0.526. The third-order valence-electron chi connectivity index (χ3n) is 5.42. The van der Waals surface area contributed by atoms with Gasteiger partial charge >= 0.3 is 6.03 Å². The molecule has 1 atom stereocenters. The number of likely N-dealkylation sites (tertiary alicyclic amines) is 1. The fourth-order valence-corrected chi connectivity index (χ4v) is 4.07. The Morgan fingerprint density at radius 1 is 1.38 bits per heavy atom. The quantitative estimate of drug-likeness (QED) is 0.887. The van der Waals surface area contributed by atoms with Crippen molar-refractivity contribution in [2.45, 2.75) is 38.1 Å².